The minimum atomic E-state index is -1.44. The van der Waals surface area contributed by atoms with Crippen LogP contribution in [0.5, 0.6) is 0 Å². The number of nitrogens with zero attached hydrogens (tertiary/aromatic N) is 1. The largest absolute Gasteiger partial charge is 0.544 e. The zero-order valence-electron chi connectivity index (χ0n) is 15.8. The summed E-state index contributed by atoms with van der Waals surface area (Å²) in [6.07, 6.45) is 13.7. The zero-order valence-corrected chi connectivity index (χ0v) is 15.8. The number of carboxylic acid groups (broad SMARTS) is 3. The number of aliphatic carboxylic acids is 3. The van der Waals surface area contributed by atoms with Crippen LogP contribution in [0, 0.1) is 0 Å². The summed E-state index contributed by atoms with van der Waals surface area (Å²) >= 11 is 0. The van der Waals surface area contributed by atoms with E-state index in [9.17, 15) is 19.5 Å². The van der Waals surface area contributed by atoms with E-state index in [-0.39, 0.29) is 6.54 Å². The van der Waals surface area contributed by atoms with Gasteiger partial charge in [-0.3, -0.25) is 0 Å². The van der Waals surface area contributed by atoms with Gasteiger partial charge < -0.3 is 24.6 Å². The Balaban J connectivity index is 4.30. The number of allylic oxidation sites excluding steroid dienone is 2. The van der Waals surface area contributed by atoms with Gasteiger partial charge in [0.15, 0.2) is 13.1 Å². The standard InChI is InChI=1S/C19H33NO6/c1-2-3-4-5-6-7-8-9-10-11-12-13-20(14-17(21)22,15-18(23)24)16-19(25)26/h9-10H,2-8,11-16H2,1H3,(H2-,21,22,23,24,25,26)/b10-9+. The molecule has 0 heterocycles. The van der Waals surface area contributed by atoms with Crippen LogP contribution in [0.1, 0.15) is 64.7 Å². The molecule has 0 unspecified atom stereocenters. The van der Waals surface area contributed by atoms with Gasteiger partial charge >= 0.3 is 11.9 Å². The van der Waals surface area contributed by atoms with Crippen LogP contribution in [-0.4, -0.2) is 58.8 Å². The van der Waals surface area contributed by atoms with Crippen LogP contribution in [0.2, 0.25) is 0 Å². The van der Waals surface area contributed by atoms with Crippen molar-refractivity contribution < 1.29 is 34.2 Å². The third kappa shape index (κ3) is 13.4. The van der Waals surface area contributed by atoms with Gasteiger partial charge in [-0.15, -0.1) is 0 Å². The van der Waals surface area contributed by atoms with Crippen molar-refractivity contribution in [2.75, 3.05) is 26.2 Å². The molecule has 0 aliphatic carbocycles. The number of hydrogen-bond donors (Lipinski definition) is 2. The van der Waals surface area contributed by atoms with Gasteiger partial charge in [-0.25, -0.2) is 9.59 Å². The van der Waals surface area contributed by atoms with Gasteiger partial charge in [0.1, 0.15) is 6.54 Å². The van der Waals surface area contributed by atoms with E-state index >= 15 is 0 Å². The van der Waals surface area contributed by atoms with Crippen molar-refractivity contribution in [3.63, 3.8) is 0 Å². The molecule has 150 valence electrons. The zero-order chi connectivity index (χ0) is 19.8. The minimum absolute atomic E-state index is 0.175. The van der Waals surface area contributed by atoms with E-state index in [1.54, 1.807) is 0 Å². The summed E-state index contributed by atoms with van der Waals surface area (Å²) in [6.45, 7) is 0.674. The van der Waals surface area contributed by atoms with E-state index < -0.39 is 42.0 Å². The lowest BCUT2D eigenvalue weighted by Crippen LogP contribution is -2.59. The Morgan fingerprint density at radius 2 is 1.31 bits per heavy atom. The van der Waals surface area contributed by atoms with Crippen molar-refractivity contribution in [2.24, 2.45) is 0 Å². The molecule has 0 bridgehead atoms. The molecular formula is C19H33NO6. The number of hydrogen-bond acceptors (Lipinski definition) is 4. The number of carbonyl (C=O) groups excluding carboxylic acids is 1. The molecule has 0 fully saturated rings. The fourth-order valence-corrected chi connectivity index (χ4v) is 3.08. The number of unbranched alkanes of at least 4 members (excludes halogenated alkanes) is 7. The number of carboxylic acids is 3. The van der Waals surface area contributed by atoms with E-state index in [0.717, 1.165) is 12.8 Å². The molecule has 26 heavy (non-hydrogen) atoms. The molecule has 0 atom stereocenters. The number of carbonyl (C=O) groups is 3. The van der Waals surface area contributed by atoms with E-state index in [1.807, 2.05) is 6.08 Å². The summed E-state index contributed by atoms with van der Waals surface area (Å²) in [6, 6.07) is 0. The summed E-state index contributed by atoms with van der Waals surface area (Å²) in [7, 11) is 0. The Bertz CT molecular complexity index is 420. The van der Waals surface area contributed by atoms with Gasteiger partial charge in [-0.2, -0.15) is 0 Å². The van der Waals surface area contributed by atoms with E-state index in [0.29, 0.717) is 12.8 Å². The van der Waals surface area contributed by atoms with Crippen molar-refractivity contribution in [3.8, 4) is 0 Å². The SMILES string of the molecule is CCCCCCCC/C=C/CCC[N+](CC(=O)[O-])(CC(=O)O)CC(=O)O. The molecule has 0 amide bonds. The Kier molecular flexibility index (Phi) is 13.3. The summed E-state index contributed by atoms with van der Waals surface area (Å²) in [5.74, 6) is -3.87. The summed E-state index contributed by atoms with van der Waals surface area (Å²) < 4.78 is -0.529. The lowest BCUT2D eigenvalue weighted by molar-refractivity contribution is -0.909. The maximum atomic E-state index is 11.0. The molecule has 0 radical (unpaired) electrons. The molecule has 0 saturated heterocycles. The topological polar surface area (TPSA) is 115 Å². The molecule has 0 saturated carbocycles. The van der Waals surface area contributed by atoms with Crippen LogP contribution in [0.15, 0.2) is 12.2 Å². The summed E-state index contributed by atoms with van der Waals surface area (Å²) in [4.78, 5) is 33.0. The first-order valence-electron chi connectivity index (χ1n) is 9.45. The van der Waals surface area contributed by atoms with Gasteiger partial charge in [0, 0.05) is 6.42 Å². The van der Waals surface area contributed by atoms with Crippen molar-refractivity contribution in [1.82, 2.24) is 0 Å². The predicted molar refractivity (Wildman–Crippen MR) is 96.4 cm³/mol. The first-order chi connectivity index (χ1) is 12.3. The lowest BCUT2D eigenvalue weighted by atomic mass is 10.1. The van der Waals surface area contributed by atoms with Crippen LogP contribution in [0.25, 0.3) is 0 Å². The molecule has 0 rings (SSSR count). The van der Waals surface area contributed by atoms with Crippen molar-refractivity contribution >= 4 is 17.9 Å². The molecular weight excluding hydrogens is 338 g/mol. The second-order valence-electron chi connectivity index (χ2n) is 6.87. The Labute approximate surface area is 155 Å². The molecule has 0 aromatic rings. The lowest BCUT2D eigenvalue weighted by Gasteiger charge is -2.36. The normalized spacial score (nSPS) is 11.7. The number of quaternary nitrogens is 1. The molecule has 0 aliphatic heterocycles. The van der Waals surface area contributed by atoms with Crippen molar-refractivity contribution in [3.05, 3.63) is 12.2 Å². The van der Waals surface area contributed by atoms with Crippen molar-refractivity contribution in [1.29, 1.82) is 0 Å². The monoisotopic (exact) mass is 371 g/mol. The van der Waals surface area contributed by atoms with Gasteiger partial charge in [0.25, 0.3) is 0 Å². The second-order valence-corrected chi connectivity index (χ2v) is 6.87. The third-order valence-electron chi connectivity index (χ3n) is 4.30. The highest BCUT2D eigenvalue weighted by Crippen LogP contribution is 2.11. The third-order valence-corrected chi connectivity index (χ3v) is 4.30. The average molecular weight is 371 g/mol. The highest BCUT2D eigenvalue weighted by Gasteiger charge is 2.33. The predicted octanol–water partition coefficient (Wildman–Crippen LogP) is 1.81. The van der Waals surface area contributed by atoms with Crippen LogP contribution >= 0.6 is 0 Å². The average Bonchev–Trinajstić information content (AvgIpc) is 2.50. The summed E-state index contributed by atoms with van der Waals surface area (Å²) in [5.41, 5.74) is 0. The Morgan fingerprint density at radius 1 is 0.808 bits per heavy atom. The quantitative estimate of drug-likeness (QED) is 0.229. The molecule has 0 aromatic carbocycles. The molecule has 0 aromatic heterocycles. The Hall–Kier alpha value is -1.89. The molecule has 7 heteroatoms. The fraction of sp³-hybridized carbons (Fsp3) is 0.737. The van der Waals surface area contributed by atoms with Gasteiger partial charge in [-0.05, 0) is 19.3 Å². The van der Waals surface area contributed by atoms with Gasteiger partial charge in [0.2, 0.25) is 0 Å². The fourth-order valence-electron chi connectivity index (χ4n) is 3.08. The summed E-state index contributed by atoms with van der Waals surface area (Å²) in [5, 5.41) is 29.0. The molecule has 0 aliphatic rings. The van der Waals surface area contributed by atoms with Crippen molar-refractivity contribution in [2.45, 2.75) is 64.7 Å². The van der Waals surface area contributed by atoms with Crippen LogP contribution in [0.4, 0.5) is 0 Å². The van der Waals surface area contributed by atoms with E-state index in [4.69, 9.17) is 10.2 Å². The highest BCUT2D eigenvalue weighted by molar-refractivity contribution is 5.72. The second kappa shape index (κ2) is 14.3. The maximum absolute atomic E-state index is 11.0. The smallest absolute Gasteiger partial charge is 0.359 e. The van der Waals surface area contributed by atoms with Gasteiger partial charge in [0.05, 0.1) is 12.5 Å². The Morgan fingerprint density at radius 3 is 1.81 bits per heavy atom. The van der Waals surface area contributed by atoms with E-state index in [2.05, 4.69) is 13.0 Å². The molecule has 7 nitrogen and oxygen atoms in total. The van der Waals surface area contributed by atoms with Crippen LogP contribution in [-0.2, 0) is 14.4 Å². The highest BCUT2D eigenvalue weighted by atomic mass is 16.4. The first kappa shape index (κ1) is 24.1. The number of rotatable bonds is 17. The molecule has 0 spiro atoms. The van der Waals surface area contributed by atoms with E-state index in [1.165, 1.54) is 32.1 Å². The maximum Gasteiger partial charge on any atom is 0.359 e. The minimum Gasteiger partial charge on any atom is -0.544 e. The molecule has 2 N–H and O–H groups in total. The van der Waals surface area contributed by atoms with Crippen LogP contribution in [0.3, 0.4) is 0 Å². The van der Waals surface area contributed by atoms with Crippen LogP contribution < -0.4 is 5.11 Å². The first-order valence-corrected chi connectivity index (χ1v) is 9.45. The van der Waals surface area contributed by atoms with Gasteiger partial charge in [-0.1, -0.05) is 51.2 Å².